The van der Waals surface area contributed by atoms with Gasteiger partial charge < -0.3 is 14.1 Å². The number of hydrogen-bond donors (Lipinski definition) is 1. The quantitative estimate of drug-likeness (QED) is 0.280. The summed E-state index contributed by atoms with van der Waals surface area (Å²) in [5, 5.41) is 3.06. The van der Waals surface area contributed by atoms with Gasteiger partial charge in [-0.3, -0.25) is 4.79 Å². The van der Waals surface area contributed by atoms with Crippen LogP contribution in [-0.2, 0) is 10.5 Å². The third-order valence-corrected chi connectivity index (χ3v) is 5.76. The molecule has 0 bridgehead atoms. The zero-order chi connectivity index (χ0) is 19.5. The van der Waals surface area contributed by atoms with Crippen molar-refractivity contribution in [2.45, 2.75) is 17.8 Å². The fraction of sp³-hybridized carbons (Fsp3) is 0.150. The first-order valence-corrected chi connectivity index (χ1v) is 10.5. The minimum absolute atomic E-state index is 0.167. The fourth-order valence-electron chi connectivity index (χ4n) is 2.73. The third kappa shape index (κ3) is 3.74. The number of nitrogens with one attached hydrogen (secondary N) is 1. The number of carbonyl (C=O) groups excluding carboxylic acids is 1. The van der Waals surface area contributed by atoms with Crippen molar-refractivity contribution in [2.24, 2.45) is 0 Å². The van der Waals surface area contributed by atoms with E-state index in [-0.39, 0.29) is 11.3 Å². The van der Waals surface area contributed by atoms with Crippen molar-refractivity contribution in [1.29, 1.82) is 0 Å². The van der Waals surface area contributed by atoms with Crippen LogP contribution in [0.25, 0.3) is 21.3 Å². The molecule has 0 aliphatic rings. The summed E-state index contributed by atoms with van der Waals surface area (Å²) in [6.07, 6.45) is 0. The second-order valence-corrected chi connectivity index (χ2v) is 7.66. The van der Waals surface area contributed by atoms with Crippen LogP contribution in [0.4, 0.5) is 0 Å². The molecule has 0 aliphatic carbocycles. The fourth-order valence-corrected chi connectivity index (χ4v) is 4.50. The van der Waals surface area contributed by atoms with Gasteiger partial charge in [-0.15, -0.1) is 11.3 Å². The van der Waals surface area contributed by atoms with E-state index in [0.29, 0.717) is 33.5 Å². The Morgan fingerprint density at radius 1 is 1.25 bits per heavy atom. The summed E-state index contributed by atoms with van der Waals surface area (Å²) in [6.45, 7) is 2.03. The number of nitrogens with zero attached hydrogens (tertiary/aromatic N) is 1. The number of ether oxygens (including phenoxy) is 1. The van der Waals surface area contributed by atoms with Gasteiger partial charge in [0.15, 0.2) is 5.16 Å². The van der Waals surface area contributed by atoms with Crippen LogP contribution in [-0.4, -0.2) is 22.5 Å². The van der Waals surface area contributed by atoms with Crippen LogP contribution in [0.15, 0.2) is 62.2 Å². The molecule has 3 heterocycles. The molecule has 28 heavy (non-hydrogen) atoms. The van der Waals surface area contributed by atoms with Crippen molar-refractivity contribution in [3.8, 4) is 11.1 Å². The number of hydrogen-bond acceptors (Lipinski definition) is 7. The first kappa shape index (κ1) is 18.5. The zero-order valence-corrected chi connectivity index (χ0v) is 16.6. The van der Waals surface area contributed by atoms with Crippen LogP contribution >= 0.6 is 23.1 Å². The molecule has 0 saturated carbocycles. The molecule has 0 spiro atoms. The molecule has 3 aromatic heterocycles. The summed E-state index contributed by atoms with van der Waals surface area (Å²) >= 11 is 2.78. The molecule has 0 amide bonds. The molecule has 8 heteroatoms. The van der Waals surface area contributed by atoms with Gasteiger partial charge in [0.2, 0.25) is 5.76 Å². The number of thioether (sulfide) groups is 1. The van der Waals surface area contributed by atoms with Gasteiger partial charge in [-0.1, -0.05) is 42.1 Å². The molecule has 0 aliphatic heterocycles. The van der Waals surface area contributed by atoms with Crippen LogP contribution in [0.2, 0.25) is 0 Å². The van der Waals surface area contributed by atoms with Gasteiger partial charge >= 0.3 is 5.97 Å². The summed E-state index contributed by atoms with van der Waals surface area (Å²) in [6, 6.07) is 13.1. The van der Waals surface area contributed by atoms with E-state index in [1.54, 1.807) is 19.1 Å². The molecule has 4 aromatic rings. The molecule has 1 N–H and O–H groups in total. The predicted molar refractivity (Wildman–Crippen MR) is 110 cm³/mol. The molecule has 0 radical (unpaired) electrons. The molecular formula is C20H16N2O4S2. The second-order valence-electron chi connectivity index (χ2n) is 5.84. The average Bonchev–Trinajstić information content (AvgIpc) is 3.35. The number of furan rings is 1. The highest BCUT2D eigenvalue weighted by molar-refractivity contribution is 7.98. The number of rotatable bonds is 6. The van der Waals surface area contributed by atoms with E-state index in [9.17, 15) is 9.59 Å². The van der Waals surface area contributed by atoms with Crippen molar-refractivity contribution in [2.75, 3.05) is 6.61 Å². The third-order valence-electron chi connectivity index (χ3n) is 4.00. The van der Waals surface area contributed by atoms with E-state index in [0.717, 1.165) is 11.1 Å². The van der Waals surface area contributed by atoms with Crippen molar-refractivity contribution in [3.63, 3.8) is 0 Å². The molecule has 0 fully saturated rings. The number of esters is 1. The van der Waals surface area contributed by atoms with E-state index < -0.39 is 5.97 Å². The number of thiophene rings is 1. The highest BCUT2D eigenvalue weighted by Gasteiger charge is 2.15. The SMILES string of the molecule is CCOC(=O)c1ccc(CSc2nc3scc(-c4ccccc4)c3c(=O)[nH]2)o1. The van der Waals surface area contributed by atoms with Crippen LogP contribution < -0.4 is 5.56 Å². The normalized spacial score (nSPS) is 11.0. The number of benzene rings is 1. The van der Waals surface area contributed by atoms with E-state index >= 15 is 0 Å². The zero-order valence-electron chi connectivity index (χ0n) is 14.9. The number of H-pyrrole nitrogens is 1. The summed E-state index contributed by atoms with van der Waals surface area (Å²) < 4.78 is 10.4. The largest absolute Gasteiger partial charge is 0.460 e. The number of aromatic amines is 1. The van der Waals surface area contributed by atoms with Crippen molar-refractivity contribution < 1.29 is 13.9 Å². The van der Waals surface area contributed by atoms with E-state index in [1.165, 1.54) is 23.1 Å². The van der Waals surface area contributed by atoms with Gasteiger partial charge in [-0.25, -0.2) is 9.78 Å². The molecule has 4 rings (SSSR count). The molecule has 0 unspecified atom stereocenters. The maximum absolute atomic E-state index is 12.6. The Labute approximate surface area is 168 Å². The van der Waals surface area contributed by atoms with Gasteiger partial charge in [0.05, 0.1) is 17.7 Å². The molecule has 1 aromatic carbocycles. The smallest absolute Gasteiger partial charge is 0.374 e. The highest BCUT2D eigenvalue weighted by Crippen LogP contribution is 2.31. The number of carbonyl (C=O) groups is 1. The van der Waals surface area contributed by atoms with Crippen molar-refractivity contribution in [1.82, 2.24) is 9.97 Å². The predicted octanol–water partition coefficient (Wildman–Crippen LogP) is 4.71. The molecule has 142 valence electrons. The minimum atomic E-state index is -0.487. The maximum atomic E-state index is 12.6. The van der Waals surface area contributed by atoms with Gasteiger partial charge in [-0.05, 0) is 24.6 Å². The van der Waals surface area contributed by atoms with Crippen LogP contribution in [0.5, 0.6) is 0 Å². The summed E-state index contributed by atoms with van der Waals surface area (Å²) in [5.74, 6) is 0.718. The summed E-state index contributed by atoms with van der Waals surface area (Å²) in [5.41, 5.74) is 1.71. The monoisotopic (exact) mass is 412 g/mol. The summed E-state index contributed by atoms with van der Waals surface area (Å²) in [4.78, 5) is 32.4. The van der Waals surface area contributed by atoms with Crippen LogP contribution in [0.1, 0.15) is 23.2 Å². The Morgan fingerprint density at radius 2 is 2.07 bits per heavy atom. The lowest BCUT2D eigenvalue weighted by Gasteiger charge is -2.01. The maximum Gasteiger partial charge on any atom is 0.374 e. The van der Waals surface area contributed by atoms with Gasteiger partial charge in [0, 0.05) is 10.9 Å². The number of aromatic nitrogens is 2. The first-order chi connectivity index (χ1) is 13.7. The second kappa shape index (κ2) is 8.04. The molecular weight excluding hydrogens is 396 g/mol. The summed E-state index contributed by atoms with van der Waals surface area (Å²) in [7, 11) is 0. The van der Waals surface area contributed by atoms with Crippen molar-refractivity contribution in [3.05, 3.63) is 69.7 Å². The standard InChI is InChI=1S/C20H16N2O4S2/c1-2-25-19(24)15-9-8-13(26-15)10-28-20-21-17(23)16-14(11-27-18(16)22-20)12-6-4-3-5-7-12/h3-9,11H,2,10H2,1H3,(H,21,22,23). The Balaban J connectivity index is 1.54. The topological polar surface area (TPSA) is 85.2 Å². The van der Waals surface area contributed by atoms with E-state index in [1.807, 2.05) is 35.7 Å². The van der Waals surface area contributed by atoms with Gasteiger partial charge in [-0.2, -0.15) is 0 Å². The Kier molecular flexibility index (Phi) is 5.31. The van der Waals surface area contributed by atoms with E-state index in [4.69, 9.17) is 9.15 Å². The lowest BCUT2D eigenvalue weighted by atomic mass is 10.1. The van der Waals surface area contributed by atoms with Crippen LogP contribution in [0.3, 0.4) is 0 Å². The Bertz CT molecular complexity index is 1180. The Morgan fingerprint density at radius 3 is 2.86 bits per heavy atom. The average molecular weight is 412 g/mol. The van der Waals surface area contributed by atoms with Gasteiger partial charge in [0.25, 0.3) is 5.56 Å². The van der Waals surface area contributed by atoms with Crippen LogP contribution in [0, 0.1) is 0 Å². The lowest BCUT2D eigenvalue weighted by Crippen LogP contribution is -2.08. The van der Waals surface area contributed by atoms with Gasteiger partial charge in [0.1, 0.15) is 10.6 Å². The van der Waals surface area contributed by atoms with Crippen molar-refractivity contribution >= 4 is 39.3 Å². The minimum Gasteiger partial charge on any atom is -0.460 e. The lowest BCUT2D eigenvalue weighted by molar-refractivity contribution is 0.0488. The highest BCUT2D eigenvalue weighted by atomic mass is 32.2. The first-order valence-electron chi connectivity index (χ1n) is 8.61. The Hall–Kier alpha value is -2.84. The molecule has 0 atom stereocenters. The molecule has 6 nitrogen and oxygen atoms in total. The molecule has 0 saturated heterocycles. The number of fused-ring (bicyclic) bond motifs is 1. The van der Waals surface area contributed by atoms with E-state index in [2.05, 4.69) is 9.97 Å².